The first-order chi connectivity index (χ1) is 8.61. The van der Waals surface area contributed by atoms with Crippen LogP contribution in [-0.4, -0.2) is 16.4 Å². The van der Waals surface area contributed by atoms with Crippen molar-refractivity contribution < 1.29 is 9.18 Å². The summed E-state index contributed by atoms with van der Waals surface area (Å²) in [5, 5.41) is 2.41. The molecule has 0 unspecified atom stereocenters. The van der Waals surface area contributed by atoms with Gasteiger partial charge in [-0.1, -0.05) is 0 Å². The Labute approximate surface area is 110 Å². The van der Waals surface area contributed by atoms with E-state index in [1.807, 2.05) is 0 Å². The van der Waals surface area contributed by atoms with Gasteiger partial charge < -0.3 is 11.1 Å². The number of benzene rings is 1. The van der Waals surface area contributed by atoms with Gasteiger partial charge in [-0.3, -0.25) is 4.79 Å². The van der Waals surface area contributed by atoms with Crippen LogP contribution in [0.3, 0.4) is 0 Å². The molecule has 0 radical (unpaired) electrons. The Bertz CT molecular complexity index is 588. The molecule has 7 heteroatoms. The van der Waals surface area contributed by atoms with E-state index in [0.29, 0.717) is 22.1 Å². The molecule has 0 saturated heterocycles. The fraction of sp³-hybridized carbons (Fsp3) is 0. The van der Waals surface area contributed by atoms with Crippen molar-refractivity contribution in [1.29, 1.82) is 0 Å². The van der Waals surface area contributed by atoms with Gasteiger partial charge in [0.15, 0.2) is 5.82 Å². The standard InChI is InChI=1S/C11H8BrFN4O/c12-8-9(6-1-3-7(13)4-2-6)16-11(14)17-10(8)15-5-18/h1-5H,(H3,14,15,16,17,18). The molecule has 0 spiro atoms. The summed E-state index contributed by atoms with van der Waals surface area (Å²) in [4.78, 5) is 18.4. The lowest BCUT2D eigenvalue weighted by molar-refractivity contribution is -0.105. The molecule has 1 aromatic heterocycles. The summed E-state index contributed by atoms with van der Waals surface area (Å²) >= 11 is 3.28. The lowest BCUT2D eigenvalue weighted by Crippen LogP contribution is -2.05. The SMILES string of the molecule is Nc1nc(NC=O)c(Br)c(-c2ccc(F)cc2)n1. The lowest BCUT2D eigenvalue weighted by Gasteiger charge is -2.08. The number of nitrogens with one attached hydrogen (secondary N) is 1. The predicted octanol–water partition coefficient (Wildman–Crippen LogP) is 2.20. The van der Waals surface area contributed by atoms with Crippen LogP contribution in [-0.2, 0) is 4.79 Å². The van der Waals surface area contributed by atoms with Crippen molar-refractivity contribution in [2.45, 2.75) is 0 Å². The number of aromatic nitrogens is 2. The van der Waals surface area contributed by atoms with Crippen LogP contribution in [0.15, 0.2) is 28.7 Å². The maximum absolute atomic E-state index is 12.9. The summed E-state index contributed by atoms with van der Waals surface area (Å²) in [5.74, 6) is -0.0677. The average molecular weight is 311 g/mol. The molecule has 2 rings (SSSR count). The molecule has 1 aromatic carbocycles. The Morgan fingerprint density at radius 3 is 2.56 bits per heavy atom. The zero-order valence-corrected chi connectivity index (χ0v) is 10.6. The molecule has 3 N–H and O–H groups in total. The maximum Gasteiger partial charge on any atom is 0.222 e. The van der Waals surface area contributed by atoms with E-state index >= 15 is 0 Å². The number of nitrogens with zero attached hydrogens (tertiary/aromatic N) is 2. The average Bonchev–Trinajstić information content (AvgIpc) is 2.35. The van der Waals surface area contributed by atoms with Gasteiger partial charge in [0.2, 0.25) is 12.4 Å². The molecule has 2 aromatic rings. The fourth-order valence-corrected chi connectivity index (χ4v) is 1.94. The molecule has 0 bridgehead atoms. The summed E-state index contributed by atoms with van der Waals surface area (Å²) in [6.45, 7) is 0. The van der Waals surface area contributed by atoms with Crippen molar-refractivity contribution in [3.05, 3.63) is 34.6 Å². The van der Waals surface area contributed by atoms with Gasteiger partial charge >= 0.3 is 0 Å². The normalized spacial score (nSPS) is 10.1. The Morgan fingerprint density at radius 2 is 1.94 bits per heavy atom. The Kier molecular flexibility index (Phi) is 3.52. The smallest absolute Gasteiger partial charge is 0.222 e. The number of carbonyl (C=O) groups excluding carboxylic acids is 1. The highest BCUT2D eigenvalue weighted by atomic mass is 79.9. The molecule has 0 aliphatic rings. The third-order valence-corrected chi connectivity index (χ3v) is 2.93. The number of hydrogen-bond acceptors (Lipinski definition) is 4. The summed E-state index contributed by atoms with van der Waals surface area (Å²) in [5.41, 5.74) is 6.69. The number of amides is 1. The van der Waals surface area contributed by atoms with Crippen molar-refractivity contribution in [1.82, 2.24) is 9.97 Å². The molecule has 18 heavy (non-hydrogen) atoms. The first-order valence-corrected chi connectivity index (χ1v) is 5.70. The third-order valence-electron chi connectivity index (χ3n) is 2.18. The predicted molar refractivity (Wildman–Crippen MR) is 69.2 cm³/mol. The second-order valence-electron chi connectivity index (χ2n) is 3.36. The third kappa shape index (κ3) is 2.45. The lowest BCUT2D eigenvalue weighted by atomic mass is 10.1. The van der Waals surface area contributed by atoms with Crippen molar-refractivity contribution >= 4 is 34.1 Å². The molecule has 0 aliphatic heterocycles. The van der Waals surface area contributed by atoms with E-state index in [1.54, 1.807) is 12.1 Å². The number of nitrogens with two attached hydrogens (primary N) is 1. The molecule has 0 atom stereocenters. The molecule has 92 valence electrons. The van der Waals surface area contributed by atoms with Crippen LogP contribution in [0, 0.1) is 5.82 Å². The number of anilines is 2. The molecule has 0 saturated carbocycles. The van der Waals surface area contributed by atoms with Crippen molar-refractivity contribution in [2.75, 3.05) is 11.1 Å². The van der Waals surface area contributed by atoms with Crippen LogP contribution >= 0.6 is 15.9 Å². The summed E-state index contributed by atoms with van der Waals surface area (Å²) in [6.07, 6.45) is 0.487. The largest absolute Gasteiger partial charge is 0.368 e. The maximum atomic E-state index is 12.9. The van der Waals surface area contributed by atoms with Crippen LogP contribution in [0.5, 0.6) is 0 Å². The van der Waals surface area contributed by atoms with Crippen LogP contribution in [0.2, 0.25) is 0 Å². The summed E-state index contributed by atoms with van der Waals surface area (Å²) in [6, 6.07) is 5.75. The van der Waals surface area contributed by atoms with E-state index < -0.39 is 0 Å². The molecular weight excluding hydrogens is 303 g/mol. The number of carbonyl (C=O) groups is 1. The Balaban J connectivity index is 2.56. The zero-order chi connectivity index (χ0) is 13.1. The Morgan fingerprint density at radius 1 is 1.28 bits per heavy atom. The van der Waals surface area contributed by atoms with Crippen LogP contribution in [0.4, 0.5) is 16.2 Å². The van der Waals surface area contributed by atoms with Crippen molar-refractivity contribution in [3.8, 4) is 11.3 Å². The van der Waals surface area contributed by atoms with E-state index in [4.69, 9.17) is 5.73 Å². The number of rotatable bonds is 3. The first-order valence-electron chi connectivity index (χ1n) is 4.91. The van der Waals surface area contributed by atoms with Crippen LogP contribution < -0.4 is 11.1 Å². The molecule has 5 nitrogen and oxygen atoms in total. The van der Waals surface area contributed by atoms with Gasteiger partial charge in [-0.05, 0) is 40.2 Å². The highest BCUT2D eigenvalue weighted by Crippen LogP contribution is 2.31. The van der Waals surface area contributed by atoms with E-state index in [1.165, 1.54) is 12.1 Å². The number of hydrogen-bond donors (Lipinski definition) is 2. The minimum atomic E-state index is -0.344. The van der Waals surface area contributed by atoms with Gasteiger partial charge in [-0.2, -0.15) is 4.98 Å². The van der Waals surface area contributed by atoms with Gasteiger partial charge in [0.1, 0.15) is 5.82 Å². The second kappa shape index (κ2) is 5.09. The van der Waals surface area contributed by atoms with Gasteiger partial charge in [-0.15, -0.1) is 0 Å². The van der Waals surface area contributed by atoms with Crippen molar-refractivity contribution in [2.24, 2.45) is 0 Å². The van der Waals surface area contributed by atoms with Gasteiger partial charge in [0.05, 0.1) is 10.2 Å². The van der Waals surface area contributed by atoms with E-state index in [0.717, 1.165) is 0 Å². The highest BCUT2D eigenvalue weighted by Gasteiger charge is 2.12. The number of nitrogen functional groups attached to an aromatic ring is 1. The quantitative estimate of drug-likeness (QED) is 0.852. The summed E-state index contributed by atoms with van der Waals surface area (Å²) < 4.78 is 13.3. The molecule has 0 aliphatic carbocycles. The Hall–Kier alpha value is -2.02. The van der Waals surface area contributed by atoms with Crippen LogP contribution in [0.1, 0.15) is 0 Å². The minimum absolute atomic E-state index is 0.0156. The molecule has 0 fully saturated rings. The van der Waals surface area contributed by atoms with E-state index in [2.05, 4.69) is 31.2 Å². The minimum Gasteiger partial charge on any atom is -0.368 e. The molecular formula is C11H8BrFN4O. The molecule has 1 amide bonds. The zero-order valence-electron chi connectivity index (χ0n) is 9.02. The first kappa shape index (κ1) is 12.4. The number of halogens is 2. The monoisotopic (exact) mass is 310 g/mol. The topological polar surface area (TPSA) is 80.9 Å². The fourth-order valence-electron chi connectivity index (χ4n) is 1.41. The van der Waals surface area contributed by atoms with Gasteiger partial charge in [-0.25, -0.2) is 9.37 Å². The van der Waals surface area contributed by atoms with Gasteiger partial charge in [0.25, 0.3) is 0 Å². The van der Waals surface area contributed by atoms with E-state index in [9.17, 15) is 9.18 Å². The molecule has 1 heterocycles. The second-order valence-corrected chi connectivity index (χ2v) is 4.16. The summed E-state index contributed by atoms with van der Waals surface area (Å²) in [7, 11) is 0. The van der Waals surface area contributed by atoms with Gasteiger partial charge in [0, 0.05) is 5.56 Å². The van der Waals surface area contributed by atoms with Crippen molar-refractivity contribution in [3.63, 3.8) is 0 Å². The van der Waals surface area contributed by atoms with Crippen LogP contribution in [0.25, 0.3) is 11.3 Å². The van der Waals surface area contributed by atoms with E-state index in [-0.39, 0.29) is 17.6 Å². The highest BCUT2D eigenvalue weighted by molar-refractivity contribution is 9.10.